The highest BCUT2D eigenvalue weighted by Crippen LogP contribution is 2.40. The maximum absolute atomic E-state index is 12.9. The van der Waals surface area contributed by atoms with Crippen LogP contribution in [0.25, 0.3) is 6.08 Å². The molecule has 8 nitrogen and oxygen atoms in total. The standard InChI is InChI=1S/C23H25NO7/c1-15(2)5-11-18-20(31-14-29-3)13-21(30-4)22(23(18)26)19(25)12-8-16-6-9-17(10-7-16)24(27)28/h5-10,12-13,26H,11,14H2,1-4H3. The summed E-state index contributed by atoms with van der Waals surface area (Å²) in [4.78, 5) is 23.2. The van der Waals surface area contributed by atoms with Crippen molar-refractivity contribution in [3.05, 3.63) is 74.9 Å². The fraction of sp³-hybridized carbons (Fsp3) is 0.261. The maximum atomic E-state index is 12.9. The van der Waals surface area contributed by atoms with E-state index in [-0.39, 0.29) is 29.5 Å². The summed E-state index contributed by atoms with van der Waals surface area (Å²) < 4.78 is 15.8. The highest BCUT2D eigenvalue weighted by atomic mass is 16.7. The van der Waals surface area contributed by atoms with Gasteiger partial charge in [-0.1, -0.05) is 17.7 Å². The molecule has 31 heavy (non-hydrogen) atoms. The van der Waals surface area contributed by atoms with Gasteiger partial charge >= 0.3 is 0 Å². The molecule has 0 aliphatic rings. The molecule has 1 N–H and O–H groups in total. The number of nitro groups is 1. The monoisotopic (exact) mass is 427 g/mol. The second kappa shape index (κ2) is 10.9. The fourth-order valence-corrected chi connectivity index (χ4v) is 2.78. The molecule has 0 radical (unpaired) electrons. The fourth-order valence-electron chi connectivity index (χ4n) is 2.78. The lowest BCUT2D eigenvalue weighted by Gasteiger charge is -2.17. The van der Waals surface area contributed by atoms with Gasteiger partial charge in [0.1, 0.15) is 22.8 Å². The molecule has 2 rings (SSSR count). The molecule has 0 aliphatic heterocycles. The van der Waals surface area contributed by atoms with E-state index < -0.39 is 10.7 Å². The predicted octanol–water partition coefficient (Wildman–Crippen LogP) is 4.70. The quantitative estimate of drug-likeness (QED) is 0.146. The number of rotatable bonds is 10. The van der Waals surface area contributed by atoms with Crippen molar-refractivity contribution < 1.29 is 29.0 Å². The topological polar surface area (TPSA) is 108 Å². The number of non-ortho nitro benzene ring substituents is 1. The van der Waals surface area contributed by atoms with E-state index in [4.69, 9.17) is 14.2 Å². The van der Waals surface area contributed by atoms with Crippen molar-refractivity contribution in [2.75, 3.05) is 21.0 Å². The minimum absolute atomic E-state index is 0.00239. The van der Waals surface area contributed by atoms with Gasteiger partial charge in [0.25, 0.3) is 5.69 Å². The Morgan fingerprint density at radius 3 is 2.39 bits per heavy atom. The number of phenols is 1. The molecule has 0 atom stereocenters. The van der Waals surface area contributed by atoms with Crippen molar-refractivity contribution in [3.63, 3.8) is 0 Å². The zero-order chi connectivity index (χ0) is 23.0. The van der Waals surface area contributed by atoms with Gasteiger partial charge in [-0.15, -0.1) is 0 Å². The Bertz CT molecular complexity index is 1000. The number of aromatic hydroxyl groups is 1. The van der Waals surface area contributed by atoms with Crippen LogP contribution in [0.1, 0.15) is 35.3 Å². The molecular formula is C23H25NO7. The van der Waals surface area contributed by atoms with E-state index in [1.807, 2.05) is 19.9 Å². The van der Waals surface area contributed by atoms with E-state index >= 15 is 0 Å². The zero-order valence-electron chi connectivity index (χ0n) is 17.9. The minimum atomic E-state index is -0.497. The van der Waals surface area contributed by atoms with Gasteiger partial charge in [-0.25, -0.2) is 0 Å². The van der Waals surface area contributed by atoms with Gasteiger partial charge in [0.15, 0.2) is 12.6 Å². The molecule has 0 fully saturated rings. The van der Waals surface area contributed by atoms with E-state index in [1.165, 1.54) is 50.6 Å². The van der Waals surface area contributed by atoms with Gasteiger partial charge in [-0.3, -0.25) is 14.9 Å². The Morgan fingerprint density at radius 2 is 1.84 bits per heavy atom. The first-order valence-electron chi connectivity index (χ1n) is 9.43. The normalized spacial score (nSPS) is 10.7. The SMILES string of the molecule is COCOc1cc(OC)c(C(=O)C=Cc2ccc([N+](=O)[O-])cc2)c(O)c1CC=C(C)C. The molecule has 0 spiro atoms. The highest BCUT2D eigenvalue weighted by Gasteiger charge is 2.23. The lowest BCUT2D eigenvalue weighted by molar-refractivity contribution is -0.384. The molecule has 8 heteroatoms. The number of hydrogen-bond acceptors (Lipinski definition) is 7. The third-order valence-corrected chi connectivity index (χ3v) is 4.37. The van der Waals surface area contributed by atoms with Gasteiger partial charge in [-0.05, 0) is 44.0 Å². The summed E-state index contributed by atoms with van der Waals surface area (Å²) in [5, 5.41) is 21.7. The first kappa shape index (κ1) is 23.6. The van der Waals surface area contributed by atoms with E-state index in [0.29, 0.717) is 23.3 Å². The second-order valence-electron chi connectivity index (χ2n) is 6.86. The summed E-state index contributed by atoms with van der Waals surface area (Å²) in [6, 6.07) is 7.30. The summed E-state index contributed by atoms with van der Waals surface area (Å²) in [7, 11) is 2.87. The molecule has 0 bridgehead atoms. The Labute approximate surface area is 180 Å². The van der Waals surface area contributed by atoms with Crippen LogP contribution >= 0.6 is 0 Å². The molecule has 0 saturated heterocycles. The molecule has 2 aromatic rings. The van der Waals surface area contributed by atoms with E-state index in [9.17, 15) is 20.0 Å². The van der Waals surface area contributed by atoms with Crippen molar-refractivity contribution in [3.8, 4) is 17.2 Å². The Kier molecular flexibility index (Phi) is 8.33. The number of nitro benzene ring substituents is 1. The third kappa shape index (κ3) is 6.16. The van der Waals surface area contributed by atoms with Crippen molar-refractivity contribution in [1.82, 2.24) is 0 Å². The average Bonchev–Trinajstić information content (AvgIpc) is 2.74. The molecule has 0 heterocycles. The van der Waals surface area contributed by atoms with Crippen LogP contribution < -0.4 is 9.47 Å². The average molecular weight is 427 g/mol. The number of carbonyl (C=O) groups excluding carboxylic acids is 1. The van der Waals surface area contributed by atoms with Crippen LogP contribution in [0.2, 0.25) is 0 Å². The van der Waals surface area contributed by atoms with Gasteiger partial charge in [0.2, 0.25) is 0 Å². The number of ether oxygens (including phenoxy) is 3. The van der Waals surface area contributed by atoms with E-state index in [0.717, 1.165) is 5.57 Å². The summed E-state index contributed by atoms with van der Waals surface area (Å²) >= 11 is 0. The number of methoxy groups -OCH3 is 2. The van der Waals surface area contributed by atoms with Gasteiger partial charge in [0.05, 0.1) is 12.0 Å². The van der Waals surface area contributed by atoms with Crippen LogP contribution in [0.3, 0.4) is 0 Å². The number of nitrogens with zero attached hydrogens (tertiary/aromatic N) is 1. The van der Waals surface area contributed by atoms with Crippen LogP contribution in [-0.4, -0.2) is 36.8 Å². The molecule has 0 unspecified atom stereocenters. The van der Waals surface area contributed by atoms with Crippen LogP contribution in [0, 0.1) is 10.1 Å². The number of benzene rings is 2. The molecule has 0 aromatic heterocycles. The van der Waals surface area contributed by atoms with Crippen LogP contribution in [0.15, 0.2) is 48.1 Å². The van der Waals surface area contributed by atoms with Crippen molar-refractivity contribution in [2.45, 2.75) is 20.3 Å². The first-order valence-corrected chi connectivity index (χ1v) is 9.43. The Morgan fingerprint density at radius 1 is 1.16 bits per heavy atom. The number of carbonyl (C=O) groups is 1. The number of allylic oxidation sites excluding steroid dienone is 3. The summed E-state index contributed by atoms with van der Waals surface area (Å²) in [5.74, 6) is -0.210. The van der Waals surface area contributed by atoms with Gasteiger partial charge in [0, 0.05) is 30.9 Å². The van der Waals surface area contributed by atoms with Crippen molar-refractivity contribution in [1.29, 1.82) is 0 Å². The summed E-state index contributed by atoms with van der Waals surface area (Å²) in [5.41, 5.74) is 2.04. The molecule has 2 aromatic carbocycles. The number of hydrogen-bond donors (Lipinski definition) is 1. The van der Waals surface area contributed by atoms with Crippen LogP contribution in [0.4, 0.5) is 5.69 Å². The number of phenolic OH excluding ortho intramolecular Hbond substituents is 1. The molecular weight excluding hydrogens is 402 g/mol. The van der Waals surface area contributed by atoms with Crippen LogP contribution in [-0.2, 0) is 11.2 Å². The van der Waals surface area contributed by atoms with Gasteiger partial charge < -0.3 is 19.3 Å². The summed E-state index contributed by atoms with van der Waals surface area (Å²) in [6.45, 7) is 3.82. The molecule has 164 valence electrons. The highest BCUT2D eigenvalue weighted by molar-refractivity contribution is 6.11. The minimum Gasteiger partial charge on any atom is -0.507 e. The van der Waals surface area contributed by atoms with E-state index in [1.54, 1.807) is 6.07 Å². The second-order valence-corrected chi connectivity index (χ2v) is 6.86. The van der Waals surface area contributed by atoms with Crippen molar-refractivity contribution in [2.24, 2.45) is 0 Å². The third-order valence-electron chi connectivity index (χ3n) is 4.37. The number of ketones is 1. The van der Waals surface area contributed by atoms with E-state index in [2.05, 4.69) is 0 Å². The smallest absolute Gasteiger partial charge is 0.269 e. The predicted molar refractivity (Wildman–Crippen MR) is 117 cm³/mol. The lowest BCUT2D eigenvalue weighted by Crippen LogP contribution is -2.07. The lowest BCUT2D eigenvalue weighted by atomic mass is 9.99. The summed E-state index contributed by atoms with van der Waals surface area (Å²) in [6.07, 6.45) is 5.04. The zero-order valence-corrected chi connectivity index (χ0v) is 17.9. The molecule has 0 aliphatic carbocycles. The Hall–Kier alpha value is -3.65. The molecule has 0 amide bonds. The Balaban J connectivity index is 2.44. The maximum Gasteiger partial charge on any atom is 0.269 e. The molecule has 0 saturated carbocycles. The van der Waals surface area contributed by atoms with Crippen LogP contribution in [0.5, 0.6) is 17.2 Å². The largest absolute Gasteiger partial charge is 0.507 e. The van der Waals surface area contributed by atoms with Crippen molar-refractivity contribution >= 4 is 17.5 Å². The van der Waals surface area contributed by atoms with Gasteiger partial charge in [-0.2, -0.15) is 0 Å². The first-order chi connectivity index (χ1) is 14.8.